The molecule has 0 aliphatic rings. The summed E-state index contributed by atoms with van der Waals surface area (Å²) in [6, 6.07) is 0. The molecule has 0 aliphatic carbocycles. The van der Waals surface area contributed by atoms with Crippen molar-refractivity contribution in [2.45, 2.75) is 6.43 Å². The Kier molecular flexibility index (Phi) is 2.81. The van der Waals surface area contributed by atoms with Crippen molar-refractivity contribution in [3.8, 4) is 5.75 Å². The van der Waals surface area contributed by atoms with Crippen LogP contribution in [0, 0.1) is 0 Å². The largest absolute Gasteiger partial charge is 0.495 e. The Morgan fingerprint density at radius 3 is 2.58 bits per heavy atom. The molecule has 2 nitrogen and oxygen atoms in total. The van der Waals surface area contributed by atoms with E-state index in [1.807, 2.05) is 0 Å². The van der Waals surface area contributed by atoms with Crippen LogP contribution in [0.1, 0.15) is 12.0 Å². The van der Waals surface area contributed by atoms with Gasteiger partial charge in [0.1, 0.15) is 5.75 Å². The average Bonchev–Trinajstić information content (AvgIpc) is 2.03. The number of methoxy groups -OCH3 is 1. The van der Waals surface area contributed by atoms with Crippen LogP contribution in [0.5, 0.6) is 5.75 Å². The van der Waals surface area contributed by atoms with Crippen molar-refractivity contribution in [3.05, 3.63) is 23.0 Å². The maximum atomic E-state index is 12.3. The molecule has 5 heteroatoms. The topological polar surface area (TPSA) is 22.1 Å². The highest BCUT2D eigenvalue weighted by atomic mass is 35.5. The molecule has 0 unspecified atom stereocenters. The molecule has 0 fully saturated rings. The van der Waals surface area contributed by atoms with E-state index in [4.69, 9.17) is 11.6 Å². The molecule has 66 valence electrons. The molecule has 0 aromatic carbocycles. The molecule has 1 heterocycles. The molecule has 0 saturated heterocycles. The van der Waals surface area contributed by atoms with Gasteiger partial charge in [-0.25, -0.2) is 8.78 Å². The van der Waals surface area contributed by atoms with Gasteiger partial charge >= 0.3 is 0 Å². The van der Waals surface area contributed by atoms with Crippen molar-refractivity contribution in [2.24, 2.45) is 0 Å². The van der Waals surface area contributed by atoms with Crippen LogP contribution in [0.2, 0.25) is 5.02 Å². The van der Waals surface area contributed by atoms with Crippen LogP contribution in [0.15, 0.2) is 12.4 Å². The fourth-order valence-corrected chi connectivity index (χ4v) is 1.03. The van der Waals surface area contributed by atoms with Crippen molar-refractivity contribution >= 4 is 11.6 Å². The van der Waals surface area contributed by atoms with E-state index in [1.165, 1.54) is 13.3 Å². The van der Waals surface area contributed by atoms with Crippen molar-refractivity contribution < 1.29 is 13.5 Å². The lowest BCUT2D eigenvalue weighted by Crippen LogP contribution is -1.94. The van der Waals surface area contributed by atoms with Gasteiger partial charge in [0.25, 0.3) is 6.43 Å². The molecule has 0 amide bonds. The molecule has 0 saturated carbocycles. The Morgan fingerprint density at radius 2 is 2.17 bits per heavy atom. The first-order valence-corrected chi connectivity index (χ1v) is 3.50. The molecule has 0 bridgehead atoms. The fourth-order valence-electron chi connectivity index (χ4n) is 0.802. The minimum Gasteiger partial charge on any atom is -0.495 e. The summed E-state index contributed by atoms with van der Waals surface area (Å²) < 4.78 is 29.2. The highest BCUT2D eigenvalue weighted by Crippen LogP contribution is 2.33. The number of aromatic nitrogens is 1. The van der Waals surface area contributed by atoms with Crippen LogP contribution in [0.4, 0.5) is 8.78 Å². The van der Waals surface area contributed by atoms with Gasteiger partial charge in [0.2, 0.25) is 0 Å². The molecule has 0 aliphatic heterocycles. The minimum atomic E-state index is -2.64. The zero-order chi connectivity index (χ0) is 9.14. The summed E-state index contributed by atoms with van der Waals surface area (Å²) >= 11 is 5.48. The van der Waals surface area contributed by atoms with Crippen molar-refractivity contribution in [1.29, 1.82) is 0 Å². The van der Waals surface area contributed by atoms with E-state index >= 15 is 0 Å². The molecule has 1 rings (SSSR count). The number of hydrogen-bond donors (Lipinski definition) is 0. The summed E-state index contributed by atoms with van der Waals surface area (Å²) in [5, 5.41) is -0.0793. The van der Waals surface area contributed by atoms with Gasteiger partial charge < -0.3 is 4.74 Å². The lowest BCUT2D eigenvalue weighted by molar-refractivity contribution is 0.147. The first kappa shape index (κ1) is 9.19. The van der Waals surface area contributed by atoms with Crippen LogP contribution in [0.3, 0.4) is 0 Å². The second-order valence-electron chi connectivity index (χ2n) is 2.04. The van der Waals surface area contributed by atoms with Crippen LogP contribution in [-0.4, -0.2) is 12.1 Å². The molecule has 0 spiro atoms. The maximum Gasteiger partial charge on any atom is 0.268 e. The molecular weight excluding hydrogens is 188 g/mol. The number of rotatable bonds is 2. The normalized spacial score (nSPS) is 10.4. The fraction of sp³-hybridized carbons (Fsp3) is 0.286. The zero-order valence-electron chi connectivity index (χ0n) is 6.22. The van der Waals surface area contributed by atoms with Gasteiger partial charge in [-0.3, -0.25) is 4.98 Å². The Hall–Kier alpha value is -0.900. The number of hydrogen-bond acceptors (Lipinski definition) is 2. The van der Waals surface area contributed by atoms with Crippen molar-refractivity contribution in [2.75, 3.05) is 7.11 Å². The zero-order valence-corrected chi connectivity index (χ0v) is 6.98. The first-order valence-electron chi connectivity index (χ1n) is 3.12. The van der Waals surface area contributed by atoms with Gasteiger partial charge in [0.05, 0.1) is 23.9 Å². The summed E-state index contributed by atoms with van der Waals surface area (Å²) in [4.78, 5) is 3.61. The summed E-state index contributed by atoms with van der Waals surface area (Å²) in [5.74, 6) is 0.0116. The standard InChI is InChI=1S/C7H6ClF2NO/c1-12-5-3-11-2-4(8)6(5)7(9)10/h2-3,7H,1H3. The monoisotopic (exact) mass is 193 g/mol. The van der Waals surface area contributed by atoms with E-state index in [2.05, 4.69) is 9.72 Å². The third-order valence-electron chi connectivity index (χ3n) is 1.34. The molecule has 0 atom stereocenters. The van der Waals surface area contributed by atoms with Gasteiger partial charge in [-0.15, -0.1) is 0 Å². The van der Waals surface area contributed by atoms with Gasteiger partial charge in [0, 0.05) is 6.20 Å². The van der Waals surface area contributed by atoms with E-state index in [-0.39, 0.29) is 16.3 Å². The Morgan fingerprint density at radius 1 is 1.50 bits per heavy atom. The second kappa shape index (κ2) is 3.67. The summed E-state index contributed by atoms with van der Waals surface area (Å²) in [7, 11) is 1.29. The molecular formula is C7H6ClF2NO. The SMILES string of the molecule is COc1cncc(Cl)c1C(F)F. The van der Waals surface area contributed by atoms with Gasteiger partial charge in [0.15, 0.2) is 0 Å². The van der Waals surface area contributed by atoms with E-state index in [0.717, 1.165) is 6.20 Å². The summed E-state index contributed by atoms with van der Waals surface area (Å²) in [6.07, 6.45) is -0.283. The van der Waals surface area contributed by atoms with Gasteiger partial charge in [-0.05, 0) is 0 Å². The third kappa shape index (κ3) is 1.64. The van der Waals surface area contributed by atoms with E-state index in [9.17, 15) is 8.78 Å². The summed E-state index contributed by atoms with van der Waals surface area (Å²) in [6.45, 7) is 0. The predicted molar refractivity (Wildman–Crippen MR) is 40.8 cm³/mol. The van der Waals surface area contributed by atoms with Gasteiger partial charge in [-0.1, -0.05) is 11.6 Å². The second-order valence-corrected chi connectivity index (χ2v) is 2.45. The Labute approximate surface area is 73.1 Å². The van der Waals surface area contributed by atoms with Gasteiger partial charge in [-0.2, -0.15) is 0 Å². The molecule has 0 N–H and O–H groups in total. The van der Waals surface area contributed by atoms with Crippen LogP contribution < -0.4 is 4.74 Å². The van der Waals surface area contributed by atoms with E-state index in [0.29, 0.717) is 0 Å². The highest BCUT2D eigenvalue weighted by Gasteiger charge is 2.17. The van der Waals surface area contributed by atoms with Crippen LogP contribution in [-0.2, 0) is 0 Å². The smallest absolute Gasteiger partial charge is 0.268 e. The quantitative estimate of drug-likeness (QED) is 0.721. The van der Waals surface area contributed by atoms with Crippen molar-refractivity contribution in [3.63, 3.8) is 0 Å². The average molecular weight is 194 g/mol. The lowest BCUT2D eigenvalue weighted by Gasteiger charge is -2.07. The van der Waals surface area contributed by atoms with E-state index < -0.39 is 6.43 Å². The molecule has 1 aromatic rings. The number of nitrogens with zero attached hydrogens (tertiary/aromatic N) is 1. The highest BCUT2D eigenvalue weighted by molar-refractivity contribution is 6.31. The lowest BCUT2D eigenvalue weighted by atomic mass is 10.2. The summed E-state index contributed by atoms with van der Waals surface area (Å²) in [5.41, 5.74) is -0.311. The number of halogens is 3. The number of ether oxygens (including phenoxy) is 1. The Balaban J connectivity index is 3.20. The molecule has 1 aromatic heterocycles. The van der Waals surface area contributed by atoms with Crippen molar-refractivity contribution in [1.82, 2.24) is 4.98 Å². The number of alkyl halides is 2. The van der Waals surface area contributed by atoms with E-state index in [1.54, 1.807) is 0 Å². The number of pyridine rings is 1. The predicted octanol–water partition coefficient (Wildman–Crippen LogP) is 2.68. The molecule has 12 heavy (non-hydrogen) atoms. The maximum absolute atomic E-state index is 12.3. The first-order chi connectivity index (χ1) is 5.66. The van der Waals surface area contributed by atoms with Crippen LogP contribution in [0.25, 0.3) is 0 Å². The third-order valence-corrected chi connectivity index (χ3v) is 1.64. The minimum absolute atomic E-state index is 0.0116. The van der Waals surface area contributed by atoms with Crippen LogP contribution >= 0.6 is 11.6 Å². The Bertz CT molecular complexity index is 280. The molecule has 0 radical (unpaired) electrons.